The molecule has 1 amide bonds. The Bertz CT molecular complexity index is 970. The van der Waals surface area contributed by atoms with E-state index in [-0.39, 0.29) is 6.42 Å². The van der Waals surface area contributed by atoms with E-state index < -0.39 is 40.0 Å². The molecule has 0 saturated carbocycles. The Labute approximate surface area is 282 Å². The number of hydrogen-bond donors (Lipinski definition) is 4. The van der Waals surface area contributed by atoms with Gasteiger partial charge in [0.25, 0.3) is 10.1 Å². The van der Waals surface area contributed by atoms with Crippen molar-refractivity contribution in [3.05, 3.63) is 60.8 Å². The first-order chi connectivity index (χ1) is 22.2. The number of carbonyl (C=O) groups excluding carboxylic acids is 1. The van der Waals surface area contributed by atoms with Crippen LogP contribution in [-0.4, -0.2) is 53.1 Å². The third kappa shape index (κ3) is 30.6. The Balaban J connectivity index is 4.14. The van der Waals surface area contributed by atoms with E-state index in [9.17, 15) is 28.0 Å². The zero-order chi connectivity index (χ0) is 34.1. The second kappa shape index (κ2) is 31.6. The van der Waals surface area contributed by atoms with Crippen LogP contribution in [0, 0.1) is 0 Å². The van der Waals surface area contributed by atoms with Crippen molar-refractivity contribution in [1.29, 1.82) is 0 Å². The first kappa shape index (κ1) is 44.0. The summed E-state index contributed by atoms with van der Waals surface area (Å²) in [6.07, 6.45) is 39.9. The molecule has 0 rings (SSSR count). The monoisotopic (exact) mass is 665 g/mol. The fraction of sp³-hybridized carbons (Fsp3) is 0.711. The molecule has 0 fully saturated rings. The van der Waals surface area contributed by atoms with Crippen LogP contribution in [0.5, 0.6) is 0 Å². The van der Waals surface area contributed by atoms with Crippen LogP contribution < -0.4 is 5.32 Å². The molecule has 0 aliphatic carbocycles. The summed E-state index contributed by atoms with van der Waals surface area (Å²) >= 11 is 0. The molecule has 4 N–H and O–H groups in total. The standard InChI is InChI=1S/C38H67NO6S/c1-3-5-7-9-11-13-15-16-17-18-19-20-21-23-25-27-29-31-33-37(41)38(42)39-35(34-46(43,44)45)36(40)32-30-28-26-24-22-14-12-10-8-6-4-2/h8,10-11,13,15-16,22,24,30,32,35-37,40-41H,3-7,9,12,14,17-21,23,25-29,31,33-34H2,1-2H3,(H,39,42)(H,43,44,45)/b10-8+,13-11-,16-15-,24-22+,32-30+. The molecule has 266 valence electrons. The molecule has 0 bridgehead atoms. The van der Waals surface area contributed by atoms with E-state index >= 15 is 0 Å². The van der Waals surface area contributed by atoms with E-state index in [1.165, 1.54) is 63.9 Å². The minimum atomic E-state index is -4.45. The molecule has 0 aliphatic rings. The van der Waals surface area contributed by atoms with Gasteiger partial charge in [0.15, 0.2) is 0 Å². The number of amides is 1. The Morgan fingerprint density at radius 2 is 1.09 bits per heavy atom. The van der Waals surface area contributed by atoms with Gasteiger partial charge in [-0.1, -0.05) is 145 Å². The predicted octanol–water partition coefficient (Wildman–Crippen LogP) is 9.09. The maximum absolute atomic E-state index is 12.5. The number of nitrogens with one attached hydrogen (secondary N) is 1. The van der Waals surface area contributed by atoms with Crippen LogP contribution in [0.3, 0.4) is 0 Å². The Morgan fingerprint density at radius 1 is 0.609 bits per heavy atom. The summed E-state index contributed by atoms with van der Waals surface area (Å²) in [7, 11) is -4.45. The number of unbranched alkanes of at least 4 members (excludes halogenated alkanes) is 15. The molecule has 0 aliphatic heterocycles. The largest absolute Gasteiger partial charge is 0.387 e. The molecular weight excluding hydrogens is 598 g/mol. The second-order valence-corrected chi connectivity index (χ2v) is 13.8. The number of carbonyl (C=O) groups is 1. The van der Waals surface area contributed by atoms with Crippen LogP contribution in [0.15, 0.2) is 60.8 Å². The summed E-state index contributed by atoms with van der Waals surface area (Å²) in [5, 5.41) is 23.2. The maximum atomic E-state index is 12.5. The Morgan fingerprint density at radius 3 is 1.61 bits per heavy atom. The van der Waals surface area contributed by atoms with Gasteiger partial charge in [0, 0.05) is 0 Å². The maximum Gasteiger partial charge on any atom is 0.267 e. The van der Waals surface area contributed by atoms with Gasteiger partial charge in [-0.25, -0.2) is 0 Å². The third-order valence-electron chi connectivity index (χ3n) is 7.76. The number of aliphatic hydroxyl groups excluding tert-OH is 2. The number of allylic oxidation sites excluding steroid dienone is 9. The quantitative estimate of drug-likeness (QED) is 0.0253. The molecule has 0 aromatic rings. The number of hydrogen-bond acceptors (Lipinski definition) is 5. The van der Waals surface area contributed by atoms with Gasteiger partial charge in [0.2, 0.25) is 5.91 Å². The SMILES string of the molecule is CCC/C=C/CC/C=C/CC/C=C/C(O)C(CS(=O)(=O)O)NC(=O)C(O)CCCCCCCCCCC/C=C\C=C/CCCCC. The van der Waals surface area contributed by atoms with E-state index in [0.29, 0.717) is 12.8 Å². The molecule has 3 atom stereocenters. The molecular formula is C38H67NO6S. The van der Waals surface area contributed by atoms with Crippen LogP contribution in [0.2, 0.25) is 0 Å². The molecule has 0 aromatic heterocycles. The highest BCUT2D eigenvalue weighted by Crippen LogP contribution is 2.13. The number of rotatable bonds is 31. The topological polar surface area (TPSA) is 124 Å². The van der Waals surface area contributed by atoms with Crippen molar-refractivity contribution in [3.63, 3.8) is 0 Å². The van der Waals surface area contributed by atoms with Crippen molar-refractivity contribution in [1.82, 2.24) is 5.32 Å². The highest BCUT2D eigenvalue weighted by molar-refractivity contribution is 7.85. The molecule has 8 heteroatoms. The third-order valence-corrected chi connectivity index (χ3v) is 8.54. The average Bonchev–Trinajstić information content (AvgIpc) is 3.01. The summed E-state index contributed by atoms with van der Waals surface area (Å²) < 4.78 is 32.3. The average molecular weight is 666 g/mol. The lowest BCUT2D eigenvalue weighted by molar-refractivity contribution is -0.130. The minimum Gasteiger partial charge on any atom is -0.387 e. The molecule has 0 spiro atoms. The van der Waals surface area contributed by atoms with Crippen molar-refractivity contribution in [2.24, 2.45) is 0 Å². The lowest BCUT2D eigenvalue weighted by Crippen LogP contribution is -2.50. The molecule has 46 heavy (non-hydrogen) atoms. The Hall–Kier alpha value is -2.00. The highest BCUT2D eigenvalue weighted by atomic mass is 32.2. The predicted molar refractivity (Wildman–Crippen MR) is 194 cm³/mol. The van der Waals surface area contributed by atoms with Gasteiger partial charge in [-0.2, -0.15) is 8.42 Å². The smallest absolute Gasteiger partial charge is 0.267 e. The van der Waals surface area contributed by atoms with E-state index in [4.69, 9.17) is 0 Å². The van der Waals surface area contributed by atoms with E-state index in [1.54, 1.807) is 6.08 Å². The van der Waals surface area contributed by atoms with E-state index in [0.717, 1.165) is 57.8 Å². The minimum absolute atomic E-state index is 0.262. The van der Waals surface area contributed by atoms with Gasteiger partial charge >= 0.3 is 0 Å². The van der Waals surface area contributed by atoms with Crippen LogP contribution in [0.1, 0.15) is 149 Å². The van der Waals surface area contributed by atoms with Crippen LogP contribution in [0.4, 0.5) is 0 Å². The van der Waals surface area contributed by atoms with Gasteiger partial charge in [-0.05, 0) is 64.2 Å². The summed E-state index contributed by atoms with van der Waals surface area (Å²) in [6.45, 7) is 4.38. The van der Waals surface area contributed by atoms with Crippen LogP contribution in [0.25, 0.3) is 0 Å². The van der Waals surface area contributed by atoms with Gasteiger partial charge in [-0.3, -0.25) is 9.35 Å². The normalized spacial score (nSPS) is 14.8. The lowest BCUT2D eigenvalue weighted by atomic mass is 10.0. The first-order valence-electron chi connectivity index (χ1n) is 18.1. The van der Waals surface area contributed by atoms with Crippen molar-refractivity contribution < 1.29 is 28.0 Å². The second-order valence-electron chi connectivity index (χ2n) is 12.3. The summed E-state index contributed by atoms with van der Waals surface area (Å²) in [5.41, 5.74) is 0. The van der Waals surface area contributed by atoms with Crippen molar-refractivity contribution >= 4 is 16.0 Å². The van der Waals surface area contributed by atoms with E-state index in [1.807, 2.05) is 0 Å². The van der Waals surface area contributed by atoms with Crippen molar-refractivity contribution in [2.75, 3.05) is 5.75 Å². The summed E-state index contributed by atoms with van der Waals surface area (Å²) in [6, 6.07) is -1.26. The summed E-state index contributed by atoms with van der Waals surface area (Å²) in [5.74, 6) is -1.58. The fourth-order valence-corrected chi connectivity index (χ4v) is 5.69. The molecule has 0 aromatic carbocycles. The molecule has 0 radical (unpaired) electrons. The van der Waals surface area contributed by atoms with Crippen LogP contribution in [-0.2, 0) is 14.9 Å². The summed E-state index contributed by atoms with van der Waals surface area (Å²) in [4.78, 5) is 12.5. The molecule has 0 saturated heterocycles. The molecule has 7 nitrogen and oxygen atoms in total. The fourth-order valence-electron chi connectivity index (χ4n) is 4.95. The van der Waals surface area contributed by atoms with Crippen LogP contribution >= 0.6 is 0 Å². The van der Waals surface area contributed by atoms with Crippen molar-refractivity contribution in [3.8, 4) is 0 Å². The molecule has 3 unspecified atom stereocenters. The van der Waals surface area contributed by atoms with Gasteiger partial charge < -0.3 is 15.5 Å². The molecule has 0 heterocycles. The Kier molecular flexibility index (Phi) is 30.2. The van der Waals surface area contributed by atoms with Gasteiger partial charge in [0.05, 0.1) is 17.9 Å². The highest BCUT2D eigenvalue weighted by Gasteiger charge is 2.27. The van der Waals surface area contributed by atoms with Gasteiger partial charge in [0.1, 0.15) is 6.10 Å². The zero-order valence-corrected chi connectivity index (χ0v) is 29.9. The lowest BCUT2D eigenvalue weighted by Gasteiger charge is -2.22. The number of aliphatic hydroxyl groups is 2. The van der Waals surface area contributed by atoms with Crippen molar-refractivity contribution in [2.45, 2.75) is 167 Å². The van der Waals surface area contributed by atoms with Gasteiger partial charge in [-0.15, -0.1) is 0 Å². The van der Waals surface area contributed by atoms with E-state index in [2.05, 4.69) is 67.8 Å². The zero-order valence-electron chi connectivity index (χ0n) is 29.0. The first-order valence-corrected chi connectivity index (χ1v) is 19.7.